The molecule has 32 heavy (non-hydrogen) atoms. The largest absolute Gasteiger partial charge is 0.497 e. The standard InChI is InChI=1S/C24H25N3O5/c1-17(2)27(19-9-11-20(32-3)12-10-19)22(29)15-25-13-14-26(18-7-5-4-6-8-18)24(31)21(16-28)23(25)30/h4-14,16-17,21H,15H2,1-3H3. The van der Waals surface area contributed by atoms with Gasteiger partial charge in [-0.2, -0.15) is 0 Å². The predicted molar refractivity (Wildman–Crippen MR) is 120 cm³/mol. The minimum Gasteiger partial charge on any atom is -0.497 e. The summed E-state index contributed by atoms with van der Waals surface area (Å²) >= 11 is 0. The Balaban J connectivity index is 1.88. The van der Waals surface area contributed by atoms with Crippen LogP contribution >= 0.6 is 0 Å². The zero-order chi connectivity index (χ0) is 23.3. The molecule has 0 aliphatic carbocycles. The predicted octanol–water partition coefficient (Wildman–Crippen LogP) is 2.60. The second kappa shape index (κ2) is 9.91. The van der Waals surface area contributed by atoms with Gasteiger partial charge >= 0.3 is 0 Å². The first-order chi connectivity index (χ1) is 15.4. The zero-order valence-corrected chi connectivity index (χ0v) is 18.2. The van der Waals surface area contributed by atoms with Gasteiger partial charge in [0, 0.05) is 29.8 Å². The summed E-state index contributed by atoms with van der Waals surface area (Å²) in [5, 5.41) is 0. The number of nitrogens with zero attached hydrogens (tertiary/aromatic N) is 3. The molecule has 1 atom stereocenters. The monoisotopic (exact) mass is 435 g/mol. The molecule has 0 bridgehead atoms. The van der Waals surface area contributed by atoms with E-state index in [0.717, 1.165) is 4.90 Å². The maximum Gasteiger partial charge on any atom is 0.250 e. The number of amides is 3. The SMILES string of the molecule is COc1ccc(N(C(=O)CN2C=CN(c3ccccc3)C(=O)C(C=O)C2=O)C(C)C)cc1. The maximum absolute atomic E-state index is 13.2. The fraction of sp³-hybridized carbons (Fsp3) is 0.250. The van der Waals surface area contributed by atoms with Crippen LogP contribution in [0.2, 0.25) is 0 Å². The van der Waals surface area contributed by atoms with E-state index >= 15 is 0 Å². The number of benzene rings is 2. The van der Waals surface area contributed by atoms with Crippen LogP contribution in [-0.4, -0.2) is 48.6 Å². The second-order valence-electron chi connectivity index (χ2n) is 7.48. The number of ether oxygens (including phenoxy) is 1. The quantitative estimate of drug-likeness (QED) is 0.493. The highest BCUT2D eigenvalue weighted by molar-refractivity contribution is 6.19. The molecule has 0 spiro atoms. The molecule has 3 amide bonds. The van der Waals surface area contributed by atoms with E-state index in [1.165, 1.54) is 17.3 Å². The number of rotatable bonds is 7. The van der Waals surface area contributed by atoms with E-state index in [4.69, 9.17) is 4.74 Å². The third-order valence-corrected chi connectivity index (χ3v) is 5.06. The van der Waals surface area contributed by atoms with Crippen molar-refractivity contribution in [2.24, 2.45) is 5.92 Å². The summed E-state index contributed by atoms with van der Waals surface area (Å²) in [5.41, 5.74) is 1.16. The lowest BCUT2D eigenvalue weighted by molar-refractivity contribution is -0.142. The van der Waals surface area contributed by atoms with E-state index in [1.54, 1.807) is 66.6 Å². The van der Waals surface area contributed by atoms with Gasteiger partial charge in [0.15, 0.2) is 5.92 Å². The summed E-state index contributed by atoms with van der Waals surface area (Å²) in [5.74, 6) is -2.64. The third-order valence-electron chi connectivity index (χ3n) is 5.06. The normalized spacial score (nSPS) is 16.2. The van der Waals surface area contributed by atoms with Gasteiger partial charge in [0.05, 0.1) is 7.11 Å². The molecule has 0 N–H and O–H groups in total. The number of carbonyl (C=O) groups excluding carboxylic acids is 4. The van der Waals surface area contributed by atoms with Crippen LogP contribution in [0.5, 0.6) is 5.75 Å². The number of anilines is 2. The summed E-state index contributed by atoms with van der Waals surface area (Å²) in [6.07, 6.45) is 3.08. The molecule has 1 unspecified atom stereocenters. The molecular weight excluding hydrogens is 410 g/mol. The first-order valence-electron chi connectivity index (χ1n) is 10.2. The van der Waals surface area contributed by atoms with Crippen LogP contribution in [0.3, 0.4) is 0 Å². The lowest BCUT2D eigenvalue weighted by Crippen LogP contribution is -2.46. The summed E-state index contributed by atoms with van der Waals surface area (Å²) in [7, 11) is 1.56. The minimum absolute atomic E-state index is 0.189. The van der Waals surface area contributed by atoms with Crippen molar-refractivity contribution < 1.29 is 23.9 Å². The first kappa shape index (κ1) is 22.7. The highest BCUT2D eigenvalue weighted by atomic mass is 16.5. The number of para-hydroxylation sites is 1. The Morgan fingerprint density at radius 2 is 1.69 bits per heavy atom. The Hall–Kier alpha value is -3.94. The summed E-state index contributed by atoms with van der Waals surface area (Å²) in [4.78, 5) is 54.5. The smallest absolute Gasteiger partial charge is 0.250 e. The van der Waals surface area contributed by atoms with E-state index in [1.807, 2.05) is 13.8 Å². The Kier molecular flexibility index (Phi) is 7.04. The number of aldehydes is 1. The van der Waals surface area contributed by atoms with E-state index < -0.39 is 17.7 Å². The van der Waals surface area contributed by atoms with Crippen molar-refractivity contribution in [1.29, 1.82) is 0 Å². The minimum atomic E-state index is -1.54. The van der Waals surface area contributed by atoms with Crippen molar-refractivity contribution in [2.45, 2.75) is 19.9 Å². The summed E-state index contributed by atoms with van der Waals surface area (Å²) in [6.45, 7) is 3.40. The fourth-order valence-electron chi connectivity index (χ4n) is 3.47. The van der Waals surface area contributed by atoms with Crippen molar-refractivity contribution in [3.8, 4) is 5.75 Å². The molecular formula is C24H25N3O5. The molecule has 2 aromatic rings. The van der Waals surface area contributed by atoms with Gasteiger partial charge < -0.3 is 19.3 Å². The average molecular weight is 435 g/mol. The van der Waals surface area contributed by atoms with Gasteiger partial charge in [-0.1, -0.05) is 18.2 Å². The molecule has 2 aromatic carbocycles. The average Bonchev–Trinajstić information content (AvgIpc) is 2.90. The molecule has 1 aliphatic heterocycles. The van der Waals surface area contributed by atoms with Gasteiger partial charge in [-0.3, -0.25) is 19.3 Å². The molecule has 1 aliphatic rings. The first-order valence-corrected chi connectivity index (χ1v) is 10.2. The number of hydrogen-bond acceptors (Lipinski definition) is 5. The topological polar surface area (TPSA) is 87.2 Å². The maximum atomic E-state index is 13.2. The summed E-state index contributed by atoms with van der Waals surface area (Å²) in [6, 6.07) is 15.5. The van der Waals surface area contributed by atoms with Crippen LogP contribution in [0.25, 0.3) is 0 Å². The molecule has 8 heteroatoms. The molecule has 3 rings (SSSR count). The zero-order valence-electron chi connectivity index (χ0n) is 18.2. The van der Waals surface area contributed by atoms with E-state index in [2.05, 4.69) is 0 Å². The van der Waals surface area contributed by atoms with Crippen molar-refractivity contribution in [2.75, 3.05) is 23.5 Å². The number of hydrogen-bond donors (Lipinski definition) is 0. The highest BCUT2D eigenvalue weighted by Gasteiger charge is 2.37. The van der Waals surface area contributed by atoms with Gasteiger partial charge in [-0.15, -0.1) is 0 Å². The van der Waals surface area contributed by atoms with Crippen molar-refractivity contribution >= 4 is 35.4 Å². The van der Waals surface area contributed by atoms with Crippen LogP contribution in [0, 0.1) is 5.92 Å². The number of carbonyl (C=O) groups is 4. The molecule has 0 aromatic heterocycles. The van der Waals surface area contributed by atoms with Crippen LogP contribution < -0.4 is 14.5 Å². The summed E-state index contributed by atoms with van der Waals surface area (Å²) < 4.78 is 5.16. The molecule has 0 saturated carbocycles. The van der Waals surface area contributed by atoms with Crippen LogP contribution in [0.1, 0.15) is 13.8 Å². The van der Waals surface area contributed by atoms with E-state index in [0.29, 0.717) is 23.4 Å². The van der Waals surface area contributed by atoms with Gasteiger partial charge in [-0.25, -0.2) is 0 Å². The Bertz CT molecular complexity index is 1020. The molecule has 0 radical (unpaired) electrons. The molecule has 166 valence electrons. The van der Waals surface area contributed by atoms with Gasteiger partial charge in [0.1, 0.15) is 18.6 Å². The third kappa shape index (κ3) is 4.69. The van der Waals surface area contributed by atoms with Gasteiger partial charge in [0.25, 0.3) is 5.91 Å². The van der Waals surface area contributed by atoms with Gasteiger partial charge in [0.2, 0.25) is 11.8 Å². The van der Waals surface area contributed by atoms with Crippen molar-refractivity contribution in [3.63, 3.8) is 0 Å². The van der Waals surface area contributed by atoms with E-state index in [9.17, 15) is 19.2 Å². The van der Waals surface area contributed by atoms with Crippen LogP contribution in [-0.2, 0) is 19.2 Å². The lowest BCUT2D eigenvalue weighted by atomic mass is 10.1. The molecule has 1 heterocycles. The molecule has 0 saturated heterocycles. The van der Waals surface area contributed by atoms with Crippen LogP contribution in [0.4, 0.5) is 11.4 Å². The number of methoxy groups -OCH3 is 1. The van der Waals surface area contributed by atoms with Gasteiger partial charge in [-0.05, 0) is 50.2 Å². The molecule has 0 fully saturated rings. The molecule has 8 nitrogen and oxygen atoms in total. The van der Waals surface area contributed by atoms with Crippen molar-refractivity contribution in [1.82, 2.24) is 4.90 Å². The fourth-order valence-corrected chi connectivity index (χ4v) is 3.47. The lowest BCUT2D eigenvalue weighted by Gasteiger charge is -2.29. The Morgan fingerprint density at radius 1 is 1.03 bits per heavy atom. The Labute approximate surface area is 186 Å². The van der Waals surface area contributed by atoms with Crippen LogP contribution in [0.15, 0.2) is 67.0 Å². The van der Waals surface area contributed by atoms with Crippen molar-refractivity contribution in [3.05, 3.63) is 67.0 Å². The highest BCUT2D eigenvalue weighted by Crippen LogP contribution is 2.23. The van der Waals surface area contributed by atoms with E-state index in [-0.39, 0.29) is 18.5 Å². The second-order valence-corrected chi connectivity index (χ2v) is 7.48. The Morgan fingerprint density at radius 3 is 2.25 bits per heavy atom.